The number of halogens is 1. The van der Waals surface area contributed by atoms with Crippen molar-refractivity contribution < 1.29 is 4.74 Å². The van der Waals surface area contributed by atoms with E-state index in [1.54, 1.807) is 6.20 Å². The van der Waals surface area contributed by atoms with Crippen LogP contribution in [-0.2, 0) is 6.54 Å². The van der Waals surface area contributed by atoms with E-state index in [0.717, 1.165) is 43.3 Å². The lowest BCUT2D eigenvalue weighted by Gasteiger charge is -2.34. The van der Waals surface area contributed by atoms with E-state index in [9.17, 15) is 0 Å². The second-order valence-electron chi connectivity index (χ2n) is 7.12. The molecule has 0 radical (unpaired) electrons. The van der Waals surface area contributed by atoms with Gasteiger partial charge in [0.2, 0.25) is 0 Å². The van der Waals surface area contributed by atoms with Crippen LogP contribution in [0.5, 0.6) is 5.75 Å². The summed E-state index contributed by atoms with van der Waals surface area (Å²) in [6.07, 6.45) is 7.82. The third kappa shape index (κ3) is 5.53. The van der Waals surface area contributed by atoms with E-state index in [1.165, 1.54) is 5.56 Å². The van der Waals surface area contributed by atoms with Gasteiger partial charge in [0.1, 0.15) is 11.9 Å². The van der Waals surface area contributed by atoms with Crippen LogP contribution in [0.1, 0.15) is 18.4 Å². The van der Waals surface area contributed by atoms with Crippen LogP contribution in [0.25, 0.3) is 5.69 Å². The maximum atomic E-state index is 6.11. The van der Waals surface area contributed by atoms with E-state index < -0.39 is 0 Å². The fraction of sp³-hybridized carbons (Fsp3) is 0.304. The lowest BCUT2D eigenvalue weighted by Crippen LogP contribution is -2.47. The molecule has 0 atom stereocenters. The van der Waals surface area contributed by atoms with E-state index in [0.29, 0.717) is 6.54 Å². The molecule has 2 aromatic carbocycles. The number of ether oxygens (including phenoxy) is 1. The van der Waals surface area contributed by atoms with E-state index in [1.807, 2.05) is 60.5 Å². The number of para-hydroxylation sites is 2. The highest BCUT2D eigenvalue weighted by Gasteiger charge is 2.22. The van der Waals surface area contributed by atoms with Gasteiger partial charge in [-0.3, -0.25) is 4.99 Å². The minimum atomic E-state index is 0. The molecular formula is C23H28IN5O. The Hall–Kier alpha value is -2.55. The Bertz CT molecular complexity index is 922. The van der Waals surface area contributed by atoms with E-state index in [-0.39, 0.29) is 30.1 Å². The fourth-order valence-corrected chi connectivity index (χ4v) is 3.70. The predicted molar refractivity (Wildman–Crippen MR) is 131 cm³/mol. The summed E-state index contributed by atoms with van der Waals surface area (Å²) in [7, 11) is 1.84. The highest BCUT2D eigenvalue weighted by Crippen LogP contribution is 2.19. The largest absolute Gasteiger partial charge is 0.490 e. The van der Waals surface area contributed by atoms with Crippen LogP contribution in [0, 0.1) is 0 Å². The van der Waals surface area contributed by atoms with Gasteiger partial charge < -0.3 is 19.5 Å². The zero-order valence-corrected chi connectivity index (χ0v) is 19.5. The van der Waals surface area contributed by atoms with Gasteiger partial charge in [0, 0.05) is 51.9 Å². The third-order valence-corrected chi connectivity index (χ3v) is 5.21. The SMILES string of the molecule is CN=C(NCc1ccccc1-n1ccnc1)N1CCC(Oc2ccccc2)CC1.I. The molecule has 0 spiro atoms. The second kappa shape index (κ2) is 11.0. The van der Waals surface area contributed by atoms with Crippen molar-refractivity contribution in [2.45, 2.75) is 25.5 Å². The van der Waals surface area contributed by atoms with E-state index in [4.69, 9.17) is 4.74 Å². The molecule has 7 heteroatoms. The van der Waals surface area contributed by atoms with Gasteiger partial charge in [0.05, 0.1) is 12.0 Å². The molecule has 0 unspecified atom stereocenters. The summed E-state index contributed by atoms with van der Waals surface area (Å²) in [5, 5.41) is 3.52. The number of piperidine rings is 1. The molecule has 0 bridgehead atoms. The normalized spacial score (nSPS) is 14.8. The monoisotopic (exact) mass is 517 g/mol. The molecule has 1 saturated heterocycles. The second-order valence-corrected chi connectivity index (χ2v) is 7.12. The first kappa shape index (κ1) is 22.1. The number of aromatic nitrogens is 2. The average Bonchev–Trinajstić information content (AvgIpc) is 3.31. The molecule has 1 aliphatic heterocycles. The van der Waals surface area contributed by atoms with Gasteiger partial charge in [0.25, 0.3) is 0 Å². The highest BCUT2D eigenvalue weighted by molar-refractivity contribution is 14.0. The summed E-state index contributed by atoms with van der Waals surface area (Å²) < 4.78 is 8.14. The number of hydrogen-bond acceptors (Lipinski definition) is 3. The number of guanidine groups is 1. The molecular weight excluding hydrogens is 489 g/mol. The van der Waals surface area contributed by atoms with Crippen LogP contribution in [0.3, 0.4) is 0 Å². The summed E-state index contributed by atoms with van der Waals surface area (Å²) in [5.74, 6) is 1.88. The molecule has 0 aliphatic carbocycles. The fourth-order valence-electron chi connectivity index (χ4n) is 3.70. The Morgan fingerprint density at radius 3 is 2.53 bits per heavy atom. The maximum absolute atomic E-state index is 6.11. The van der Waals surface area contributed by atoms with Gasteiger partial charge in [0.15, 0.2) is 5.96 Å². The quantitative estimate of drug-likeness (QED) is 0.315. The molecule has 3 aromatic rings. The van der Waals surface area contributed by atoms with Crippen molar-refractivity contribution in [3.8, 4) is 11.4 Å². The van der Waals surface area contributed by atoms with E-state index in [2.05, 4.69) is 38.4 Å². The molecule has 1 aromatic heterocycles. The molecule has 1 fully saturated rings. The molecule has 0 amide bonds. The van der Waals surface area contributed by atoms with Crippen LogP contribution in [0.4, 0.5) is 0 Å². The number of aliphatic imine (C=N–C) groups is 1. The number of hydrogen-bond donors (Lipinski definition) is 1. The Kier molecular flexibility index (Phi) is 8.12. The van der Waals surface area contributed by atoms with Crippen molar-refractivity contribution in [3.63, 3.8) is 0 Å². The smallest absolute Gasteiger partial charge is 0.193 e. The lowest BCUT2D eigenvalue weighted by atomic mass is 10.1. The summed E-state index contributed by atoms with van der Waals surface area (Å²) in [6.45, 7) is 2.57. The molecule has 4 rings (SSSR count). The van der Waals surface area contributed by atoms with Gasteiger partial charge in [-0.05, 0) is 23.8 Å². The topological polar surface area (TPSA) is 54.7 Å². The first-order chi connectivity index (χ1) is 14.3. The van der Waals surface area contributed by atoms with Gasteiger partial charge in [-0.15, -0.1) is 24.0 Å². The van der Waals surface area contributed by atoms with Crippen molar-refractivity contribution in [2.24, 2.45) is 4.99 Å². The summed E-state index contributed by atoms with van der Waals surface area (Å²) in [5.41, 5.74) is 2.33. The Labute approximate surface area is 195 Å². The van der Waals surface area contributed by atoms with Gasteiger partial charge in [-0.2, -0.15) is 0 Å². The molecule has 30 heavy (non-hydrogen) atoms. The first-order valence-electron chi connectivity index (χ1n) is 10.1. The third-order valence-electron chi connectivity index (χ3n) is 5.21. The lowest BCUT2D eigenvalue weighted by molar-refractivity contribution is 0.129. The van der Waals surface area contributed by atoms with Crippen LogP contribution in [0.2, 0.25) is 0 Å². The van der Waals surface area contributed by atoms with Gasteiger partial charge in [-0.1, -0.05) is 36.4 Å². The molecule has 1 aliphatic rings. The van der Waals surface area contributed by atoms with Gasteiger partial charge >= 0.3 is 0 Å². The summed E-state index contributed by atoms with van der Waals surface area (Å²) in [6, 6.07) is 18.4. The highest BCUT2D eigenvalue weighted by atomic mass is 127. The minimum Gasteiger partial charge on any atom is -0.490 e. The first-order valence-corrected chi connectivity index (χ1v) is 10.1. The number of nitrogens with one attached hydrogen (secondary N) is 1. The molecule has 0 saturated carbocycles. The van der Waals surface area contributed by atoms with Gasteiger partial charge in [-0.25, -0.2) is 4.98 Å². The summed E-state index contributed by atoms with van der Waals surface area (Å²) in [4.78, 5) is 11.0. The Morgan fingerprint density at radius 1 is 1.10 bits per heavy atom. The van der Waals surface area contributed by atoms with Crippen LogP contribution >= 0.6 is 24.0 Å². The minimum absolute atomic E-state index is 0. The van der Waals surface area contributed by atoms with Crippen molar-refractivity contribution in [1.82, 2.24) is 19.8 Å². The van der Waals surface area contributed by atoms with E-state index >= 15 is 0 Å². The number of likely N-dealkylation sites (tertiary alicyclic amines) is 1. The van der Waals surface area contributed by atoms with Crippen molar-refractivity contribution >= 4 is 29.9 Å². The van der Waals surface area contributed by atoms with Crippen molar-refractivity contribution in [2.75, 3.05) is 20.1 Å². The van der Waals surface area contributed by atoms with Crippen LogP contribution in [0.15, 0.2) is 78.3 Å². The molecule has 2 heterocycles. The van der Waals surface area contributed by atoms with Crippen LogP contribution in [-0.4, -0.2) is 46.7 Å². The summed E-state index contributed by atoms with van der Waals surface area (Å²) >= 11 is 0. The standard InChI is InChI=1S/C23H27N5O.HI/c1-24-23(26-17-19-7-5-6-10-22(19)28-16-13-25-18-28)27-14-11-21(12-15-27)29-20-8-3-2-4-9-20;/h2-10,13,16,18,21H,11-12,14-15,17H2,1H3,(H,24,26);1H. The number of rotatable bonds is 5. The molecule has 6 nitrogen and oxygen atoms in total. The number of imidazole rings is 1. The van der Waals surface area contributed by atoms with Crippen LogP contribution < -0.4 is 10.1 Å². The molecule has 158 valence electrons. The Morgan fingerprint density at radius 2 is 1.83 bits per heavy atom. The van der Waals surface area contributed by atoms with Crippen molar-refractivity contribution in [1.29, 1.82) is 0 Å². The average molecular weight is 517 g/mol. The number of nitrogens with zero attached hydrogens (tertiary/aromatic N) is 4. The number of benzene rings is 2. The zero-order chi connectivity index (χ0) is 19.9. The Balaban J connectivity index is 0.00000256. The predicted octanol–water partition coefficient (Wildman–Crippen LogP) is 4.11. The zero-order valence-electron chi connectivity index (χ0n) is 17.1. The maximum Gasteiger partial charge on any atom is 0.193 e. The van der Waals surface area contributed by atoms with Crippen molar-refractivity contribution in [3.05, 3.63) is 78.9 Å². The molecule has 1 N–H and O–H groups in total.